The summed E-state index contributed by atoms with van der Waals surface area (Å²) in [7, 11) is 0. The van der Waals surface area contributed by atoms with E-state index >= 15 is 0 Å². The number of unbranched alkanes of at least 4 members (excludes halogenated alkanes) is 1. The van der Waals surface area contributed by atoms with Gasteiger partial charge >= 0.3 is 0 Å². The average Bonchev–Trinajstić information content (AvgIpc) is 2.35. The molecule has 0 atom stereocenters. The third-order valence-electron chi connectivity index (χ3n) is 2.30. The van der Waals surface area contributed by atoms with Gasteiger partial charge in [-0.25, -0.2) is 8.78 Å². The molecule has 0 spiro atoms. The summed E-state index contributed by atoms with van der Waals surface area (Å²) >= 11 is 0. The Hall–Kier alpha value is -1.78. The normalized spacial score (nSPS) is 12.2. The third kappa shape index (κ3) is 3.62. The van der Waals surface area contributed by atoms with Crippen LogP contribution in [0.15, 0.2) is 30.1 Å². The Labute approximate surface area is 97.9 Å². The van der Waals surface area contributed by atoms with Crippen molar-refractivity contribution >= 4 is 11.5 Å². The molecule has 0 unspecified atom stereocenters. The van der Waals surface area contributed by atoms with Crippen molar-refractivity contribution in [2.75, 3.05) is 0 Å². The van der Waals surface area contributed by atoms with Crippen LogP contribution in [0.5, 0.6) is 0 Å². The van der Waals surface area contributed by atoms with Gasteiger partial charge in [0.2, 0.25) is 0 Å². The van der Waals surface area contributed by atoms with Crippen molar-refractivity contribution in [1.29, 1.82) is 0 Å². The predicted octanol–water partition coefficient (Wildman–Crippen LogP) is 4.39. The summed E-state index contributed by atoms with van der Waals surface area (Å²) in [5.41, 5.74) is -0.339. The fraction of sp³-hybridized carbons (Fsp3) is 0.333. The number of nitro benzene ring substituents is 1. The van der Waals surface area contributed by atoms with Crippen LogP contribution in [0.25, 0.3) is 5.83 Å². The topological polar surface area (TPSA) is 43.1 Å². The molecule has 0 amide bonds. The largest absolute Gasteiger partial charge is 0.270 e. The predicted molar refractivity (Wildman–Crippen MR) is 61.8 cm³/mol. The van der Waals surface area contributed by atoms with Crippen molar-refractivity contribution in [3.8, 4) is 0 Å². The van der Waals surface area contributed by atoms with Gasteiger partial charge in [-0.15, -0.1) is 0 Å². The molecule has 0 N–H and O–H groups in total. The maximum Gasteiger partial charge on any atom is 0.270 e. The minimum atomic E-state index is -1.01. The van der Waals surface area contributed by atoms with Gasteiger partial charge in [0.1, 0.15) is 5.83 Å². The Morgan fingerprint density at radius 1 is 1.41 bits per heavy atom. The molecule has 0 aliphatic rings. The maximum atomic E-state index is 13.6. The maximum absolute atomic E-state index is 13.6. The second-order valence-corrected chi connectivity index (χ2v) is 3.63. The molecule has 1 rings (SSSR count). The van der Waals surface area contributed by atoms with Crippen molar-refractivity contribution < 1.29 is 13.7 Å². The Bertz CT molecular complexity index is 444. The molecule has 1 aromatic rings. The molecule has 0 aliphatic carbocycles. The molecule has 0 bridgehead atoms. The van der Waals surface area contributed by atoms with Gasteiger partial charge in [0.05, 0.1) is 4.92 Å². The summed E-state index contributed by atoms with van der Waals surface area (Å²) in [5, 5.41) is 10.5. The summed E-state index contributed by atoms with van der Waals surface area (Å²) in [6.07, 6.45) is 1.33. The standard InChI is InChI=1S/C12H13F2NO2/c1-2-3-7-11(13)12(14)9-5-4-6-10(8-9)15(16)17/h4-6,8H,2-3,7H2,1H3/b12-11+. The van der Waals surface area contributed by atoms with E-state index in [1.807, 2.05) is 6.92 Å². The fourth-order valence-electron chi connectivity index (χ4n) is 1.35. The molecule has 92 valence electrons. The highest BCUT2D eigenvalue weighted by Gasteiger charge is 2.12. The zero-order chi connectivity index (χ0) is 12.8. The summed E-state index contributed by atoms with van der Waals surface area (Å²) in [4.78, 5) is 9.85. The first-order valence-corrected chi connectivity index (χ1v) is 5.35. The molecule has 0 saturated heterocycles. The average molecular weight is 241 g/mol. The van der Waals surface area contributed by atoms with Crippen LogP contribution in [0.1, 0.15) is 31.7 Å². The Balaban J connectivity index is 2.99. The van der Waals surface area contributed by atoms with Crippen LogP contribution < -0.4 is 0 Å². The van der Waals surface area contributed by atoms with E-state index in [1.165, 1.54) is 18.2 Å². The van der Waals surface area contributed by atoms with Gasteiger partial charge in [0.25, 0.3) is 5.69 Å². The first kappa shape index (κ1) is 13.3. The Morgan fingerprint density at radius 3 is 2.71 bits per heavy atom. The van der Waals surface area contributed by atoms with Gasteiger partial charge in [0, 0.05) is 24.1 Å². The lowest BCUT2D eigenvalue weighted by atomic mass is 10.1. The smallest absolute Gasteiger partial charge is 0.258 e. The summed E-state index contributed by atoms with van der Waals surface area (Å²) in [6.45, 7) is 1.87. The lowest BCUT2D eigenvalue weighted by Crippen LogP contribution is -1.90. The molecular weight excluding hydrogens is 228 g/mol. The van der Waals surface area contributed by atoms with Crippen molar-refractivity contribution in [3.63, 3.8) is 0 Å². The van der Waals surface area contributed by atoms with Crippen molar-refractivity contribution in [2.45, 2.75) is 26.2 Å². The van der Waals surface area contributed by atoms with Gasteiger partial charge in [0.15, 0.2) is 5.83 Å². The zero-order valence-corrected chi connectivity index (χ0v) is 9.45. The summed E-state index contributed by atoms with van der Waals surface area (Å²) in [5.74, 6) is -1.87. The molecule has 0 fully saturated rings. The number of allylic oxidation sites excluding steroid dienone is 1. The van der Waals surface area contributed by atoms with Crippen LogP contribution in [0.2, 0.25) is 0 Å². The van der Waals surface area contributed by atoms with E-state index in [9.17, 15) is 18.9 Å². The van der Waals surface area contributed by atoms with Crippen molar-refractivity contribution in [2.24, 2.45) is 0 Å². The Kier molecular flexibility index (Phi) is 4.75. The SMILES string of the molecule is CCCC/C(F)=C(\F)c1cccc([N+](=O)[O-])c1. The second kappa shape index (κ2) is 6.08. The molecule has 0 radical (unpaired) electrons. The van der Waals surface area contributed by atoms with Gasteiger partial charge < -0.3 is 0 Å². The fourth-order valence-corrected chi connectivity index (χ4v) is 1.35. The molecule has 0 saturated carbocycles. The summed E-state index contributed by atoms with van der Waals surface area (Å²) in [6, 6.07) is 4.91. The van der Waals surface area contributed by atoms with Crippen LogP contribution >= 0.6 is 0 Å². The van der Waals surface area contributed by atoms with Crippen molar-refractivity contribution in [1.82, 2.24) is 0 Å². The van der Waals surface area contributed by atoms with E-state index in [0.717, 1.165) is 12.5 Å². The highest BCUT2D eigenvalue weighted by atomic mass is 19.2. The van der Waals surface area contributed by atoms with Crippen LogP contribution in [0, 0.1) is 10.1 Å². The molecule has 0 aromatic heterocycles. The van der Waals surface area contributed by atoms with Crippen molar-refractivity contribution in [3.05, 3.63) is 45.8 Å². The molecule has 0 aliphatic heterocycles. The number of benzene rings is 1. The number of hydrogen-bond acceptors (Lipinski definition) is 2. The number of nitrogens with zero attached hydrogens (tertiary/aromatic N) is 1. The number of halogens is 2. The van der Waals surface area contributed by atoms with Crippen LogP contribution in [0.3, 0.4) is 0 Å². The molecule has 0 heterocycles. The zero-order valence-electron chi connectivity index (χ0n) is 9.45. The van der Waals surface area contributed by atoms with E-state index < -0.39 is 16.6 Å². The molecule has 5 heteroatoms. The first-order valence-electron chi connectivity index (χ1n) is 5.35. The first-order chi connectivity index (χ1) is 8.06. The van der Waals surface area contributed by atoms with Gasteiger partial charge in [-0.2, -0.15) is 0 Å². The van der Waals surface area contributed by atoms with Crippen LogP contribution in [0.4, 0.5) is 14.5 Å². The monoisotopic (exact) mass is 241 g/mol. The van der Waals surface area contributed by atoms with E-state index in [1.54, 1.807) is 0 Å². The highest BCUT2D eigenvalue weighted by molar-refractivity contribution is 5.63. The minimum Gasteiger partial charge on any atom is -0.258 e. The van der Waals surface area contributed by atoms with Crippen LogP contribution in [-0.4, -0.2) is 4.92 Å². The lowest BCUT2D eigenvalue weighted by molar-refractivity contribution is -0.384. The number of hydrogen-bond donors (Lipinski definition) is 0. The van der Waals surface area contributed by atoms with E-state index in [-0.39, 0.29) is 17.7 Å². The van der Waals surface area contributed by atoms with Gasteiger partial charge in [-0.1, -0.05) is 25.5 Å². The molecule has 17 heavy (non-hydrogen) atoms. The number of nitro groups is 1. The quantitative estimate of drug-likeness (QED) is 0.566. The third-order valence-corrected chi connectivity index (χ3v) is 2.30. The minimum absolute atomic E-state index is 0.0189. The van der Waals surface area contributed by atoms with Crippen LogP contribution in [-0.2, 0) is 0 Å². The van der Waals surface area contributed by atoms with E-state index in [0.29, 0.717) is 6.42 Å². The van der Waals surface area contributed by atoms with E-state index in [4.69, 9.17) is 0 Å². The highest BCUT2D eigenvalue weighted by Crippen LogP contribution is 2.27. The van der Waals surface area contributed by atoms with E-state index in [2.05, 4.69) is 0 Å². The second-order valence-electron chi connectivity index (χ2n) is 3.63. The summed E-state index contributed by atoms with van der Waals surface area (Å²) < 4.78 is 26.9. The molecule has 1 aromatic carbocycles. The number of rotatable bonds is 5. The van der Waals surface area contributed by atoms with Gasteiger partial charge in [-0.05, 0) is 6.42 Å². The molecule has 3 nitrogen and oxygen atoms in total. The van der Waals surface area contributed by atoms with Gasteiger partial charge in [-0.3, -0.25) is 10.1 Å². The Morgan fingerprint density at radius 2 is 2.12 bits per heavy atom. The lowest BCUT2D eigenvalue weighted by Gasteiger charge is -2.01. The number of non-ortho nitro benzene ring substituents is 1. The molecular formula is C12H13F2NO2.